The Bertz CT molecular complexity index is 622. The van der Waals surface area contributed by atoms with Crippen molar-refractivity contribution in [3.8, 4) is 0 Å². The van der Waals surface area contributed by atoms with Gasteiger partial charge < -0.3 is 5.73 Å². The number of aromatic nitrogens is 2. The highest BCUT2D eigenvalue weighted by atomic mass is 32.1. The molecule has 20 heavy (non-hydrogen) atoms. The first-order valence-electron chi connectivity index (χ1n) is 6.09. The first-order valence-corrected chi connectivity index (χ1v) is 7.32. The average molecular weight is 306 g/mol. The Labute approximate surface area is 126 Å². The van der Waals surface area contributed by atoms with Crippen LogP contribution in [0.15, 0.2) is 24.3 Å². The minimum atomic E-state index is -0.203. The minimum absolute atomic E-state index is 0.203. The monoisotopic (exact) mass is 306 g/mol. The van der Waals surface area contributed by atoms with Crippen LogP contribution in [0.4, 0.5) is 5.13 Å². The van der Waals surface area contributed by atoms with Crippen LogP contribution in [-0.4, -0.2) is 21.1 Å². The molecule has 0 fully saturated rings. The van der Waals surface area contributed by atoms with Gasteiger partial charge in [-0.15, -0.1) is 10.2 Å². The first kappa shape index (κ1) is 14.5. The molecule has 7 heteroatoms. The molecule has 3 N–H and O–H groups in total. The van der Waals surface area contributed by atoms with Gasteiger partial charge in [-0.1, -0.05) is 42.6 Å². The fourth-order valence-corrected chi connectivity index (χ4v) is 2.43. The second-order valence-corrected chi connectivity index (χ2v) is 5.74. The van der Waals surface area contributed by atoms with Crippen molar-refractivity contribution >= 4 is 39.6 Å². The van der Waals surface area contributed by atoms with E-state index in [0.29, 0.717) is 22.1 Å². The lowest BCUT2D eigenvalue weighted by Gasteiger charge is -2.03. The standard InChI is InChI=1S/C13H14N4OS2/c1-2-11-16-17-13(20-11)15-12(18)9-5-3-8(4-6-9)7-10(14)19/h3-6H,2,7H2,1H3,(H2,14,19)(H,15,17,18). The topological polar surface area (TPSA) is 80.9 Å². The summed E-state index contributed by atoms with van der Waals surface area (Å²) in [5, 5.41) is 12.0. The lowest BCUT2D eigenvalue weighted by Crippen LogP contribution is -2.13. The molecule has 0 saturated carbocycles. The highest BCUT2D eigenvalue weighted by Gasteiger charge is 2.09. The maximum Gasteiger partial charge on any atom is 0.257 e. The number of amides is 1. The maximum atomic E-state index is 12.0. The Morgan fingerprint density at radius 2 is 2.05 bits per heavy atom. The number of anilines is 1. The first-order chi connectivity index (χ1) is 9.58. The largest absolute Gasteiger partial charge is 0.393 e. The lowest BCUT2D eigenvalue weighted by molar-refractivity contribution is 0.102. The highest BCUT2D eigenvalue weighted by Crippen LogP contribution is 2.16. The number of carbonyl (C=O) groups is 1. The van der Waals surface area contributed by atoms with E-state index >= 15 is 0 Å². The molecular weight excluding hydrogens is 292 g/mol. The second-order valence-electron chi connectivity index (χ2n) is 4.15. The Kier molecular flexibility index (Phi) is 4.75. The smallest absolute Gasteiger partial charge is 0.257 e. The molecule has 1 amide bonds. The van der Waals surface area contributed by atoms with Gasteiger partial charge in [0.2, 0.25) is 5.13 Å². The third-order valence-electron chi connectivity index (χ3n) is 2.58. The molecule has 0 radical (unpaired) electrons. The number of nitrogens with two attached hydrogens (primary N) is 1. The number of hydrogen-bond donors (Lipinski definition) is 2. The summed E-state index contributed by atoms with van der Waals surface area (Å²) in [6.45, 7) is 1.99. The van der Waals surface area contributed by atoms with Crippen molar-refractivity contribution in [1.82, 2.24) is 10.2 Å². The van der Waals surface area contributed by atoms with Gasteiger partial charge in [-0.25, -0.2) is 0 Å². The number of carbonyl (C=O) groups excluding carboxylic acids is 1. The van der Waals surface area contributed by atoms with E-state index in [1.807, 2.05) is 19.1 Å². The molecule has 2 aromatic rings. The van der Waals surface area contributed by atoms with Crippen molar-refractivity contribution in [3.63, 3.8) is 0 Å². The van der Waals surface area contributed by atoms with Gasteiger partial charge in [0.25, 0.3) is 5.91 Å². The van der Waals surface area contributed by atoms with Crippen molar-refractivity contribution in [2.24, 2.45) is 5.73 Å². The molecule has 0 unspecified atom stereocenters. The van der Waals surface area contributed by atoms with Crippen LogP contribution in [0.5, 0.6) is 0 Å². The molecule has 0 aliphatic rings. The van der Waals surface area contributed by atoms with Gasteiger partial charge in [0.05, 0.1) is 4.99 Å². The zero-order chi connectivity index (χ0) is 14.5. The summed E-state index contributed by atoms with van der Waals surface area (Å²) in [5.41, 5.74) is 7.02. The summed E-state index contributed by atoms with van der Waals surface area (Å²) in [6, 6.07) is 7.16. The number of aryl methyl sites for hydroxylation is 1. The van der Waals surface area contributed by atoms with E-state index in [1.165, 1.54) is 11.3 Å². The molecular formula is C13H14N4OS2. The number of nitrogens with zero attached hydrogens (tertiary/aromatic N) is 2. The Hall–Kier alpha value is -1.86. The Balaban J connectivity index is 2.03. The van der Waals surface area contributed by atoms with Crippen molar-refractivity contribution in [2.75, 3.05) is 5.32 Å². The van der Waals surface area contributed by atoms with Gasteiger partial charge in [-0.3, -0.25) is 10.1 Å². The summed E-state index contributed by atoms with van der Waals surface area (Å²) >= 11 is 6.23. The van der Waals surface area contributed by atoms with Crippen LogP contribution in [0.2, 0.25) is 0 Å². The van der Waals surface area contributed by atoms with Gasteiger partial charge >= 0.3 is 0 Å². The van der Waals surface area contributed by atoms with E-state index in [9.17, 15) is 4.79 Å². The van der Waals surface area contributed by atoms with Gasteiger partial charge in [0.1, 0.15) is 5.01 Å². The van der Waals surface area contributed by atoms with Crippen LogP contribution < -0.4 is 11.1 Å². The number of thiocarbonyl (C=S) groups is 1. The summed E-state index contributed by atoms with van der Waals surface area (Å²) in [6.07, 6.45) is 1.34. The zero-order valence-electron chi connectivity index (χ0n) is 10.9. The molecule has 0 aliphatic heterocycles. The molecule has 5 nitrogen and oxygen atoms in total. The quantitative estimate of drug-likeness (QED) is 0.828. The van der Waals surface area contributed by atoms with Gasteiger partial charge in [-0.05, 0) is 24.1 Å². The summed E-state index contributed by atoms with van der Waals surface area (Å²) in [4.78, 5) is 12.5. The molecule has 1 aromatic carbocycles. The molecule has 2 rings (SSSR count). The Morgan fingerprint density at radius 3 is 2.60 bits per heavy atom. The fourth-order valence-electron chi connectivity index (χ4n) is 1.59. The third kappa shape index (κ3) is 3.82. The van der Waals surface area contributed by atoms with E-state index in [4.69, 9.17) is 18.0 Å². The van der Waals surface area contributed by atoms with Crippen LogP contribution in [0.25, 0.3) is 0 Å². The SMILES string of the molecule is CCc1nnc(NC(=O)c2ccc(CC(N)=S)cc2)s1. The molecule has 0 atom stereocenters. The van der Waals surface area contributed by atoms with Crippen molar-refractivity contribution in [3.05, 3.63) is 40.4 Å². The number of rotatable bonds is 5. The molecule has 104 valence electrons. The maximum absolute atomic E-state index is 12.0. The number of hydrogen-bond acceptors (Lipinski definition) is 5. The van der Waals surface area contributed by atoms with Crippen molar-refractivity contribution in [1.29, 1.82) is 0 Å². The van der Waals surface area contributed by atoms with Crippen LogP contribution in [0, 0.1) is 0 Å². The van der Waals surface area contributed by atoms with E-state index in [1.54, 1.807) is 12.1 Å². The highest BCUT2D eigenvalue weighted by molar-refractivity contribution is 7.80. The average Bonchev–Trinajstić information content (AvgIpc) is 2.86. The van der Waals surface area contributed by atoms with Gasteiger partial charge in [0.15, 0.2) is 0 Å². The lowest BCUT2D eigenvalue weighted by atomic mass is 10.1. The van der Waals surface area contributed by atoms with E-state index < -0.39 is 0 Å². The molecule has 0 saturated heterocycles. The predicted octanol–water partition coefficient (Wildman–Crippen LogP) is 2.18. The Morgan fingerprint density at radius 1 is 1.35 bits per heavy atom. The normalized spacial score (nSPS) is 10.2. The van der Waals surface area contributed by atoms with E-state index in [-0.39, 0.29) is 5.91 Å². The molecule has 0 bridgehead atoms. The minimum Gasteiger partial charge on any atom is -0.393 e. The third-order valence-corrected chi connectivity index (χ3v) is 3.71. The summed E-state index contributed by atoms with van der Waals surface area (Å²) < 4.78 is 0. The summed E-state index contributed by atoms with van der Waals surface area (Å²) in [5.74, 6) is -0.203. The predicted molar refractivity (Wildman–Crippen MR) is 84.2 cm³/mol. The molecule has 1 heterocycles. The molecule has 0 spiro atoms. The summed E-state index contributed by atoms with van der Waals surface area (Å²) in [7, 11) is 0. The van der Waals surface area contributed by atoms with Crippen molar-refractivity contribution < 1.29 is 4.79 Å². The number of benzene rings is 1. The van der Waals surface area contributed by atoms with Crippen LogP contribution in [0.1, 0.15) is 27.9 Å². The van der Waals surface area contributed by atoms with E-state index in [2.05, 4.69) is 15.5 Å². The fraction of sp³-hybridized carbons (Fsp3) is 0.231. The number of nitrogens with one attached hydrogen (secondary N) is 1. The van der Waals surface area contributed by atoms with Crippen LogP contribution in [0.3, 0.4) is 0 Å². The van der Waals surface area contributed by atoms with Gasteiger partial charge in [-0.2, -0.15) is 0 Å². The van der Waals surface area contributed by atoms with Crippen LogP contribution >= 0.6 is 23.6 Å². The molecule has 0 aliphatic carbocycles. The van der Waals surface area contributed by atoms with Crippen molar-refractivity contribution in [2.45, 2.75) is 19.8 Å². The zero-order valence-corrected chi connectivity index (χ0v) is 12.6. The van der Waals surface area contributed by atoms with E-state index in [0.717, 1.165) is 17.0 Å². The molecule has 1 aromatic heterocycles. The van der Waals surface area contributed by atoms with Crippen LogP contribution in [-0.2, 0) is 12.8 Å². The van der Waals surface area contributed by atoms with Gasteiger partial charge in [0, 0.05) is 12.0 Å². The second kappa shape index (κ2) is 6.53.